The van der Waals surface area contributed by atoms with E-state index in [1.807, 2.05) is 0 Å². The lowest BCUT2D eigenvalue weighted by Gasteiger charge is -2.12. The van der Waals surface area contributed by atoms with Gasteiger partial charge in [-0.25, -0.2) is 4.98 Å². The summed E-state index contributed by atoms with van der Waals surface area (Å²) < 4.78 is 72.9. The van der Waals surface area contributed by atoms with Crippen LogP contribution in [0.3, 0.4) is 0 Å². The third kappa shape index (κ3) is 5.54. The molecule has 3 N–H and O–H groups in total. The van der Waals surface area contributed by atoms with Crippen LogP contribution in [0, 0.1) is 0 Å². The summed E-state index contributed by atoms with van der Waals surface area (Å²) in [4.78, 5) is 3.15. The highest BCUT2D eigenvalue weighted by molar-refractivity contribution is 5.65. The summed E-state index contributed by atoms with van der Waals surface area (Å²) in [6.07, 6.45) is -8.81. The van der Waals surface area contributed by atoms with Crippen LogP contribution in [0.2, 0.25) is 0 Å². The number of alkyl halides is 6. The Morgan fingerprint density at radius 3 is 2.30 bits per heavy atom. The molecule has 1 aromatic heterocycles. The molecule has 1 rings (SSSR count). The van der Waals surface area contributed by atoms with E-state index in [-0.39, 0.29) is 30.8 Å². The summed E-state index contributed by atoms with van der Waals surface area (Å²) in [6, 6.07) is 0.735. The van der Waals surface area contributed by atoms with Crippen molar-refractivity contribution in [3.05, 3.63) is 18.0 Å². The predicted octanol–water partition coefficient (Wildman–Crippen LogP) is 3.83. The summed E-state index contributed by atoms with van der Waals surface area (Å²) in [5.41, 5.74) is 4.36. The molecule has 0 aliphatic rings. The summed E-state index contributed by atoms with van der Waals surface area (Å²) >= 11 is 0. The lowest BCUT2D eigenvalue weighted by Crippen LogP contribution is -2.12. The zero-order valence-electron chi connectivity index (χ0n) is 10.3. The maximum absolute atomic E-state index is 12.4. The molecule has 9 heteroatoms. The molecule has 0 radical (unpaired) electrons. The van der Waals surface area contributed by atoms with Gasteiger partial charge >= 0.3 is 12.4 Å². The number of hydrogen-bond acceptors (Lipinski definition) is 3. The van der Waals surface area contributed by atoms with E-state index >= 15 is 0 Å². The SMILES string of the molecule is Nc1cnc(C(F)(F)F)cc1NCCCCC(F)(F)F. The van der Waals surface area contributed by atoms with Gasteiger partial charge in [0.1, 0.15) is 5.69 Å². The molecule has 3 nitrogen and oxygen atoms in total. The second-order valence-electron chi connectivity index (χ2n) is 4.15. The molecule has 0 aromatic carbocycles. The molecule has 0 fully saturated rings. The lowest BCUT2D eigenvalue weighted by atomic mass is 10.2. The maximum atomic E-state index is 12.4. The van der Waals surface area contributed by atoms with Gasteiger partial charge in [-0.2, -0.15) is 26.3 Å². The average Bonchev–Trinajstić information content (AvgIpc) is 2.28. The Labute approximate surface area is 111 Å². The number of nitrogens with one attached hydrogen (secondary N) is 1. The van der Waals surface area contributed by atoms with Gasteiger partial charge in [0, 0.05) is 13.0 Å². The van der Waals surface area contributed by atoms with Crippen molar-refractivity contribution >= 4 is 11.4 Å². The van der Waals surface area contributed by atoms with Crippen LogP contribution in [0.4, 0.5) is 37.7 Å². The van der Waals surface area contributed by atoms with Crippen LogP contribution in [0.15, 0.2) is 12.3 Å². The van der Waals surface area contributed by atoms with E-state index in [2.05, 4.69) is 10.3 Å². The molecule has 0 aliphatic heterocycles. The van der Waals surface area contributed by atoms with Gasteiger partial charge in [-0.1, -0.05) is 0 Å². The van der Waals surface area contributed by atoms with Gasteiger partial charge in [-0.15, -0.1) is 0 Å². The van der Waals surface area contributed by atoms with Crippen LogP contribution in [-0.4, -0.2) is 17.7 Å². The van der Waals surface area contributed by atoms with Crippen molar-refractivity contribution in [2.45, 2.75) is 31.6 Å². The van der Waals surface area contributed by atoms with Gasteiger partial charge in [-0.3, -0.25) is 0 Å². The average molecular weight is 301 g/mol. The molecule has 0 atom stereocenters. The van der Waals surface area contributed by atoms with Crippen molar-refractivity contribution in [3.63, 3.8) is 0 Å². The number of nitrogens with two attached hydrogens (primary N) is 1. The monoisotopic (exact) mass is 301 g/mol. The normalized spacial score (nSPS) is 12.5. The van der Waals surface area contributed by atoms with E-state index in [0.29, 0.717) is 0 Å². The second kappa shape index (κ2) is 6.19. The van der Waals surface area contributed by atoms with E-state index in [4.69, 9.17) is 5.73 Å². The summed E-state index contributed by atoms with van der Waals surface area (Å²) in [7, 11) is 0. The Balaban J connectivity index is 2.52. The minimum atomic E-state index is -4.60. The number of rotatable bonds is 5. The number of pyridine rings is 1. The van der Waals surface area contributed by atoms with E-state index in [0.717, 1.165) is 12.3 Å². The fraction of sp³-hybridized carbons (Fsp3) is 0.545. The molecule has 0 saturated heterocycles. The highest BCUT2D eigenvalue weighted by Gasteiger charge is 2.33. The first kappa shape index (κ1) is 16.4. The first-order valence-corrected chi connectivity index (χ1v) is 5.73. The maximum Gasteiger partial charge on any atom is 0.433 e. The minimum Gasteiger partial charge on any atom is -0.396 e. The topological polar surface area (TPSA) is 50.9 Å². The Kier molecular flexibility index (Phi) is 5.07. The van der Waals surface area contributed by atoms with Gasteiger partial charge < -0.3 is 11.1 Å². The van der Waals surface area contributed by atoms with Gasteiger partial charge in [0.15, 0.2) is 0 Å². The number of aromatic nitrogens is 1. The first-order chi connectivity index (χ1) is 9.09. The zero-order chi connectivity index (χ0) is 15.4. The minimum absolute atomic E-state index is 0.00817. The van der Waals surface area contributed by atoms with Gasteiger partial charge in [0.05, 0.1) is 17.6 Å². The molecule has 1 aromatic rings. The third-order valence-electron chi connectivity index (χ3n) is 2.43. The van der Waals surface area contributed by atoms with Crippen molar-refractivity contribution in [2.75, 3.05) is 17.6 Å². The molecular weight excluding hydrogens is 288 g/mol. The van der Waals surface area contributed by atoms with Crippen LogP contribution in [0.25, 0.3) is 0 Å². The number of anilines is 2. The fourth-order valence-corrected chi connectivity index (χ4v) is 1.45. The van der Waals surface area contributed by atoms with E-state index in [9.17, 15) is 26.3 Å². The Morgan fingerprint density at radius 1 is 1.10 bits per heavy atom. The Hall–Kier alpha value is -1.67. The van der Waals surface area contributed by atoms with Crippen LogP contribution in [-0.2, 0) is 6.18 Å². The van der Waals surface area contributed by atoms with Crippen molar-refractivity contribution < 1.29 is 26.3 Å². The van der Waals surface area contributed by atoms with Gasteiger partial charge in [0.2, 0.25) is 0 Å². The standard InChI is InChI=1S/C11H13F6N3/c12-10(13,14)3-1-2-4-19-8-5-9(11(15,16)17)20-6-7(8)18/h5-6H,1-4,18H2,(H,19,20). The molecule has 0 aliphatic carbocycles. The number of unbranched alkanes of at least 4 members (excludes halogenated alkanes) is 1. The van der Waals surface area contributed by atoms with E-state index in [1.54, 1.807) is 0 Å². The molecule has 0 amide bonds. The number of halogens is 6. The van der Waals surface area contributed by atoms with Crippen LogP contribution < -0.4 is 11.1 Å². The quantitative estimate of drug-likeness (QED) is 0.642. The molecule has 114 valence electrons. The molecule has 0 saturated carbocycles. The molecule has 0 spiro atoms. The predicted molar refractivity (Wildman–Crippen MR) is 62.0 cm³/mol. The first-order valence-electron chi connectivity index (χ1n) is 5.73. The highest BCUT2D eigenvalue weighted by Crippen LogP contribution is 2.31. The van der Waals surface area contributed by atoms with Crippen molar-refractivity contribution in [1.29, 1.82) is 0 Å². The molecular formula is C11H13F6N3. The van der Waals surface area contributed by atoms with Gasteiger partial charge in [-0.05, 0) is 18.9 Å². The largest absolute Gasteiger partial charge is 0.433 e. The van der Waals surface area contributed by atoms with Crippen LogP contribution in [0.5, 0.6) is 0 Å². The zero-order valence-corrected chi connectivity index (χ0v) is 10.3. The summed E-state index contributed by atoms with van der Waals surface area (Å²) in [6.45, 7) is 0.0988. The number of nitrogens with zero attached hydrogens (tertiary/aromatic N) is 1. The van der Waals surface area contributed by atoms with Crippen molar-refractivity contribution in [3.8, 4) is 0 Å². The smallest absolute Gasteiger partial charge is 0.396 e. The summed E-state index contributed by atoms with van der Waals surface area (Å²) in [5, 5.41) is 2.58. The van der Waals surface area contributed by atoms with Crippen molar-refractivity contribution in [1.82, 2.24) is 4.98 Å². The molecule has 20 heavy (non-hydrogen) atoms. The van der Waals surface area contributed by atoms with Crippen molar-refractivity contribution in [2.24, 2.45) is 0 Å². The number of nitrogen functional groups attached to an aromatic ring is 1. The molecule has 1 heterocycles. The third-order valence-corrected chi connectivity index (χ3v) is 2.43. The fourth-order valence-electron chi connectivity index (χ4n) is 1.45. The molecule has 0 unspecified atom stereocenters. The van der Waals surface area contributed by atoms with Crippen LogP contribution in [0.1, 0.15) is 25.0 Å². The Bertz CT molecular complexity index is 441. The lowest BCUT2D eigenvalue weighted by molar-refractivity contribution is -0.141. The second-order valence-corrected chi connectivity index (χ2v) is 4.15. The van der Waals surface area contributed by atoms with Crippen LogP contribution >= 0.6 is 0 Å². The van der Waals surface area contributed by atoms with Gasteiger partial charge in [0.25, 0.3) is 0 Å². The van der Waals surface area contributed by atoms with E-state index < -0.39 is 24.5 Å². The highest BCUT2D eigenvalue weighted by atomic mass is 19.4. The molecule has 0 bridgehead atoms. The summed E-state index contributed by atoms with van der Waals surface area (Å²) in [5.74, 6) is 0. The number of hydrogen-bond donors (Lipinski definition) is 2. The Morgan fingerprint density at radius 2 is 1.75 bits per heavy atom. The van der Waals surface area contributed by atoms with E-state index in [1.165, 1.54) is 0 Å².